The fourth-order valence-electron chi connectivity index (χ4n) is 5.97. The molecule has 0 bridgehead atoms. The number of allylic oxidation sites excluding steroid dienone is 12. The smallest absolute Gasteiger partial charge is 0.306 e. The van der Waals surface area contributed by atoms with Crippen molar-refractivity contribution >= 4 is 17.9 Å². The first-order valence-corrected chi connectivity index (χ1v) is 22.9. The van der Waals surface area contributed by atoms with Crippen LogP contribution < -0.4 is 0 Å². The molecule has 320 valence electrons. The summed E-state index contributed by atoms with van der Waals surface area (Å²) in [4.78, 5) is 37.6. The Bertz CT molecular complexity index is 1080. The Labute approximate surface area is 344 Å². The first-order valence-electron chi connectivity index (χ1n) is 22.9. The van der Waals surface area contributed by atoms with Crippen LogP contribution in [0.4, 0.5) is 0 Å². The maximum absolute atomic E-state index is 12.7. The van der Waals surface area contributed by atoms with E-state index in [9.17, 15) is 14.4 Å². The van der Waals surface area contributed by atoms with Gasteiger partial charge in [0.05, 0.1) is 0 Å². The lowest BCUT2D eigenvalue weighted by atomic mass is 10.1. The average Bonchev–Trinajstić information content (AvgIpc) is 3.19. The van der Waals surface area contributed by atoms with Gasteiger partial charge < -0.3 is 14.2 Å². The number of carbonyl (C=O) groups excluding carboxylic acids is 3. The summed E-state index contributed by atoms with van der Waals surface area (Å²) in [5, 5.41) is 0. The van der Waals surface area contributed by atoms with Gasteiger partial charge in [-0.15, -0.1) is 0 Å². The molecule has 0 aromatic heterocycles. The molecule has 0 spiro atoms. The molecule has 0 aliphatic carbocycles. The molecule has 6 heteroatoms. The number of carbonyl (C=O) groups is 3. The number of hydrogen-bond donors (Lipinski definition) is 0. The minimum absolute atomic E-state index is 0.113. The van der Waals surface area contributed by atoms with Gasteiger partial charge >= 0.3 is 17.9 Å². The highest BCUT2D eigenvalue weighted by Gasteiger charge is 2.19. The molecule has 0 aromatic carbocycles. The molecule has 0 aliphatic rings. The summed E-state index contributed by atoms with van der Waals surface area (Å²) in [6.07, 6.45) is 54.8. The van der Waals surface area contributed by atoms with Crippen molar-refractivity contribution in [1.29, 1.82) is 0 Å². The Kier molecular flexibility index (Phi) is 42.1. The van der Waals surface area contributed by atoms with Crippen LogP contribution in [-0.2, 0) is 28.6 Å². The maximum Gasteiger partial charge on any atom is 0.306 e. The summed E-state index contributed by atoms with van der Waals surface area (Å²) < 4.78 is 16.6. The molecule has 0 rings (SSSR count). The molecule has 1 unspecified atom stereocenters. The SMILES string of the molecule is CC/C=C\C/C=C\CCCCCCCC(=O)OC(COC(=O)CCC/C=C\C/C=C\C/C=C\CCCCCCCC)COC(=O)CCC/C=C\CCCCCC. The molecule has 6 nitrogen and oxygen atoms in total. The number of rotatable bonds is 40. The van der Waals surface area contributed by atoms with Crippen LogP contribution in [0.5, 0.6) is 0 Å². The van der Waals surface area contributed by atoms with E-state index in [-0.39, 0.29) is 37.5 Å². The lowest BCUT2D eigenvalue weighted by Gasteiger charge is -2.18. The van der Waals surface area contributed by atoms with Gasteiger partial charge in [-0.25, -0.2) is 0 Å². The summed E-state index contributed by atoms with van der Waals surface area (Å²) in [7, 11) is 0. The van der Waals surface area contributed by atoms with E-state index in [0.29, 0.717) is 25.7 Å². The summed E-state index contributed by atoms with van der Waals surface area (Å²) in [5.41, 5.74) is 0. The molecule has 0 aromatic rings. The zero-order valence-corrected chi connectivity index (χ0v) is 36.4. The van der Waals surface area contributed by atoms with E-state index in [2.05, 4.69) is 93.7 Å². The van der Waals surface area contributed by atoms with E-state index in [1.54, 1.807) is 0 Å². The van der Waals surface area contributed by atoms with E-state index in [1.807, 2.05) is 0 Å². The zero-order chi connectivity index (χ0) is 40.8. The average molecular weight is 781 g/mol. The van der Waals surface area contributed by atoms with Gasteiger partial charge in [0.1, 0.15) is 13.2 Å². The Morgan fingerprint density at radius 3 is 1.18 bits per heavy atom. The van der Waals surface area contributed by atoms with Crippen molar-refractivity contribution in [2.75, 3.05) is 13.2 Å². The fraction of sp³-hybridized carbons (Fsp3) is 0.700. The molecule has 0 heterocycles. The highest BCUT2D eigenvalue weighted by Crippen LogP contribution is 2.12. The molecule has 0 fully saturated rings. The first kappa shape index (κ1) is 52.9. The van der Waals surface area contributed by atoms with Crippen molar-refractivity contribution in [3.8, 4) is 0 Å². The standard InChI is InChI=1S/C50H84O6/c1-4-7-10-13-16-19-21-23-24-25-26-27-29-31-34-37-40-43-49(52)55-46-47(45-54-48(51)42-39-36-33-30-18-15-12-9-6-3)56-50(53)44-41-38-35-32-28-22-20-17-14-11-8-5-2/h8,11,17,20,23-24,26-27,30-31,33-34,47H,4-7,9-10,12-16,18-19,21-22,25,28-29,32,35-46H2,1-3H3/b11-8-,20-17-,24-23-,27-26-,33-30-,34-31-. The predicted molar refractivity (Wildman–Crippen MR) is 238 cm³/mol. The van der Waals surface area contributed by atoms with Gasteiger partial charge in [-0.3, -0.25) is 14.4 Å². The van der Waals surface area contributed by atoms with Crippen LogP contribution >= 0.6 is 0 Å². The number of unbranched alkanes of at least 4 members (excludes halogenated alkanes) is 17. The number of hydrogen-bond acceptors (Lipinski definition) is 6. The summed E-state index contributed by atoms with van der Waals surface area (Å²) in [6, 6.07) is 0. The van der Waals surface area contributed by atoms with Crippen molar-refractivity contribution in [1.82, 2.24) is 0 Å². The topological polar surface area (TPSA) is 78.9 Å². The van der Waals surface area contributed by atoms with Gasteiger partial charge in [-0.1, -0.05) is 164 Å². The van der Waals surface area contributed by atoms with Gasteiger partial charge in [0, 0.05) is 19.3 Å². The largest absolute Gasteiger partial charge is 0.462 e. The second-order valence-corrected chi connectivity index (χ2v) is 14.9. The van der Waals surface area contributed by atoms with Gasteiger partial charge in [0.15, 0.2) is 6.10 Å². The number of ether oxygens (including phenoxy) is 3. The summed E-state index contributed by atoms with van der Waals surface area (Å²) in [5.74, 6) is -1.02. The Hall–Kier alpha value is -3.15. The van der Waals surface area contributed by atoms with Crippen molar-refractivity contribution in [3.63, 3.8) is 0 Å². The van der Waals surface area contributed by atoms with Crippen LogP contribution in [0, 0.1) is 0 Å². The normalized spacial score (nSPS) is 12.7. The molecular formula is C50H84O6. The predicted octanol–water partition coefficient (Wildman–Crippen LogP) is 14.7. The molecule has 56 heavy (non-hydrogen) atoms. The van der Waals surface area contributed by atoms with E-state index in [0.717, 1.165) is 83.5 Å². The Morgan fingerprint density at radius 1 is 0.375 bits per heavy atom. The molecule has 0 amide bonds. The monoisotopic (exact) mass is 781 g/mol. The van der Waals surface area contributed by atoms with E-state index >= 15 is 0 Å². The second kappa shape index (κ2) is 44.6. The second-order valence-electron chi connectivity index (χ2n) is 14.9. The number of esters is 3. The van der Waals surface area contributed by atoms with Crippen LogP contribution in [0.3, 0.4) is 0 Å². The van der Waals surface area contributed by atoms with E-state index in [1.165, 1.54) is 70.6 Å². The third-order valence-corrected chi connectivity index (χ3v) is 9.41. The molecule has 0 saturated carbocycles. The first-order chi connectivity index (χ1) is 27.5. The van der Waals surface area contributed by atoms with Crippen LogP contribution in [0.2, 0.25) is 0 Å². The molecule has 0 radical (unpaired) electrons. The van der Waals surface area contributed by atoms with Gasteiger partial charge in [0.25, 0.3) is 0 Å². The van der Waals surface area contributed by atoms with Crippen LogP contribution in [0.1, 0.15) is 207 Å². The third-order valence-electron chi connectivity index (χ3n) is 9.41. The fourth-order valence-corrected chi connectivity index (χ4v) is 5.97. The molecule has 0 N–H and O–H groups in total. The Morgan fingerprint density at radius 2 is 0.714 bits per heavy atom. The van der Waals surface area contributed by atoms with Gasteiger partial charge in [0.2, 0.25) is 0 Å². The molecule has 0 aliphatic heterocycles. The van der Waals surface area contributed by atoms with Crippen molar-refractivity contribution in [2.24, 2.45) is 0 Å². The van der Waals surface area contributed by atoms with Crippen LogP contribution in [0.15, 0.2) is 72.9 Å². The van der Waals surface area contributed by atoms with Crippen molar-refractivity contribution in [3.05, 3.63) is 72.9 Å². The van der Waals surface area contributed by atoms with E-state index in [4.69, 9.17) is 14.2 Å². The van der Waals surface area contributed by atoms with Crippen LogP contribution in [-0.4, -0.2) is 37.2 Å². The van der Waals surface area contributed by atoms with Crippen LogP contribution in [0.25, 0.3) is 0 Å². The maximum atomic E-state index is 12.7. The van der Waals surface area contributed by atoms with Crippen molar-refractivity contribution < 1.29 is 28.6 Å². The van der Waals surface area contributed by atoms with Gasteiger partial charge in [-0.05, 0) is 96.3 Å². The summed E-state index contributed by atoms with van der Waals surface area (Å²) >= 11 is 0. The zero-order valence-electron chi connectivity index (χ0n) is 36.4. The summed E-state index contributed by atoms with van der Waals surface area (Å²) in [6.45, 7) is 6.38. The highest BCUT2D eigenvalue weighted by molar-refractivity contribution is 5.71. The lowest BCUT2D eigenvalue weighted by molar-refractivity contribution is -0.167. The lowest BCUT2D eigenvalue weighted by Crippen LogP contribution is -2.30. The van der Waals surface area contributed by atoms with Gasteiger partial charge in [-0.2, -0.15) is 0 Å². The molecule has 1 atom stereocenters. The highest BCUT2D eigenvalue weighted by atomic mass is 16.6. The van der Waals surface area contributed by atoms with E-state index < -0.39 is 6.10 Å². The quantitative estimate of drug-likeness (QED) is 0.0267. The molecule has 0 saturated heterocycles. The Balaban J connectivity index is 4.47. The minimum atomic E-state index is -0.811. The minimum Gasteiger partial charge on any atom is -0.462 e. The van der Waals surface area contributed by atoms with Crippen molar-refractivity contribution in [2.45, 2.75) is 213 Å². The third kappa shape index (κ3) is 42.0. The molecular weight excluding hydrogens is 697 g/mol.